The number of piperidine rings is 1. The van der Waals surface area contributed by atoms with Crippen LogP contribution in [0.25, 0.3) is 0 Å². The van der Waals surface area contributed by atoms with Crippen LogP contribution in [0.5, 0.6) is 0 Å². The predicted octanol–water partition coefficient (Wildman–Crippen LogP) is 3.87. The Kier molecular flexibility index (Phi) is 7.63. The maximum Gasteiger partial charge on any atom is 0.310 e. The van der Waals surface area contributed by atoms with E-state index in [-0.39, 0.29) is 30.0 Å². The third-order valence-corrected chi connectivity index (χ3v) is 8.90. The Hall–Kier alpha value is -2.12. The van der Waals surface area contributed by atoms with Gasteiger partial charge < -0.3 is 19.4 Å². The van der Waals surface area contributed by atoms with Crippen molar-refractivity contribution in [2.24, 2.45) is 5.92 Å². The van der Waals surface area contributed by atoms with E-state index in [9.17, 15) is 9.59 Å². The van der Waals surface area contributed by atoms with Crippen LogP contribution in [0.1, 0.15) is 64.2 Å². The van der Waals surface area contributed by atoms with Crippen LogP contribution in [0.15, 0.2) is 24.3 Å². The van der Waals surface area contributed by atoms with Crippen molar-refractivity contribution >= 4 is 23.3 Å². The Labute approximate surface area is 210 Å². The fraction of sp³-hybridized carbons (Fsp3) is 0.714. The molecule has 3 fully saturated rings. The van der Waals surface area contributed by atoms with E-state index in [1.807, 2.05) is 13.1 Å². The van der Waals surface area contributed by atoms with E-state index in [0.717, 1.165) is 56.3 Å². The van der Waals surface area contributed by atoms with E-state index in [4.69, 9.17) is 4.74 Å². The first-order valence-electron chi connectivity index (χ1n) is 13.8. The fourth-order valence-electron chi connectivity index (χ4n) is 6.96. The van der Waals surface area contributed by atoms with Gasteiger partial charge in [-0.1, -0.05) is 44.2 Å². The summed E-state index contributed by atoms with van der Waals surface area (Å²) >= 11 is 0. The second kappa shape index (κ2) is 10.9. The molecule has 3 aliphatic heterocycles. The molecule has 7 heteroatoms. The smallest absolute Gasteiger partial charge is 0.310 e. The number of carbonyl (C=O) groups excluding carboxylic acids is 2. The molecular formula is C28H42N4O3. The minimum atomic E-state index is -0.372. The number of hydrogen-bond acceptors (Lipinski definition) is 6. The first-order chi connectivity index (χ1) is 17.1. The highest BCUT2D eigenvalue weighted by Crippen LogP contribution is 2.40. The van der Waals surface area contributed by atoms with Crippen molar-refractivity contribution in [3.63, 3.8) is 0 Å². The molecule has 4 aliphatic rings. The Bertz CT molecular complexity index is 892. The first-order valence-corrected chi connectivity index (χ1v) is 13.8. The summed E-state index contributed by atoms with van der Waals surface area (Å²) in [7, 11) is 3.46. The number of hydrogen-bond donors (Lipinski definition) is 0. The van der Waals surface area contributed by atoms with Crippen molar-refractivity contribution in [1.29, 1.82) is 0 Å². The number of anilines is 2. The van der Waals surface area contributed by atoms with E-state index in [0.29, 0.717) is 6.54 Å². The Morgan fingerprint density at radius 2 is 1.46 bits per heavy atom. The summed E-state index contributed by atoms with van der Waals surface area (Å²) in [5.74, 6) is -0.169. The van der Waals surface area contributed by atoms with E-state index in [1.165, 1.54) is 52.1 Å². The number of fused-ring (bicyclic) bond motifs is 1. The number of likely N-dealkylation sites (N-methyl/N-ethyl adjacent to an activating group) is 1. The molecule has 5 rings (SSSR count). The number of nitrogens with zero attached hydrogens (tertiary/aromatic N) is 4. The van der Waals surface area contributed by atoms with Gasteiger partial charge in [0.1, 0.15) is 0 Å². The Balaban J connectivity index is 1.32. The van der Waals surface area contributed by atoms with Gasteiger partial charge in [-0.2, -0.15) is 0 Å². The molecule has 1 aromatic carbocycles. The van der Waals surface area contributed by atoms with Crippen LogP contribution >= 0.6 is 0 Å². The Morgan fingerprint density at radius 3 is 2.14 bits per heavy atom. The van der Waals surface area contributed by atoms with Gasteiger partial charge in [-0.05, 0) is 44.2 Å². The molecule has 1 aliphatic carbocycles. The zero-order valence-corrected chi connectivity index (χ0v) is 21.5. The Morgan fingerprint density at radius 1 is 0.829 bits per heavy atom. The summed E-state index contributed by atoms with van der Waals surface area (Å²) < 4.78 is 4.99. The second-order valence-electron chi connectivity index (χ2n) is 11.0. The number of para-hydroxylation sites is 2. The summed E-state index contributed by atoms with van der Waals surface area (Å²) in [5, 5.41) is 0. The van der Waals surface area contributed by atoms with Crippen LogP contribution in [0, 0.1) is 5.92 Å². The highest BCUT2D eigenvalue weighted by atomic mass is 16.5. The lowest BCUT2D eigenvalue weighted by Gasteiger charge is -2.49. The van der Waals surface area contributed by atoms with Gasteiger partial charge in [0.2, 0.25) is 0 Å². The molecule has 2 atom stereocenters. The van der Waals surface area contributed by atoms with Crippen molar-refractivity contribution in [2.75, 3.05) is 50.1 Å². The van der Waals surface area contributed by atoms with Crippen molar-refractivity contribution in [1.82, 2.24) is 9.80 Å². The van der Waals surface area contributed by atoms with Gasteiger partial charge in [0.25, 0.3) is 5.91 Å². The van der Waals surface area contributed by atoms with Gasteiger partial charge in [0.05, 0.1) is 24.4 Å². The number of amides is 1. The molecule has 35 heavy (non-hydrogen) atoms. The van der Waals surface area contributed by atoms with Gasteiger partial charge in [0, 0.05) is 45.3 Å². The molecule has 0 aromatic heterocycles. The summed E-state index contributed by atoms with van der Waals surface area (Å²) in [6.45, 7) is 3.46. The van der Waals surface area contributed by atoms with Gasteiger partial charge in [-0.15, -0.1) is 0 Å². The maximum absolute atomic E-state index is 14.1. The topological polar surface area (TPSA) is 56.3 Å². The SMILES string of the molecule is COC(=O)C1CCN(C2C(=O)N(C3CCN(C4CCCCCCC4)CC3)c3ccccc3N2C)C1. The molecule has 0 N–H and O–H groups in total. The van der Waals surface area contributed by atoms with Crippen LogP contribution in [0.2, 0.25) is 0 Å². The highest BCUT2D eigenvalue weighted by Gasteiger charge is 2.46. The van der Waals surface area contributed by atoms with E-state index in [1.54, 1.807) is 0 Å². The second-order valence-corrected chi connectivity index (χ2v) is 11.0. The van der Waals surface area contributed by atoms with E-state index >= 15 is 0 Å². The first kappa shape index (κ1) is 24.6. The monoisotopic (exact) mass is 482 g/mol. The maximum atomic E-state index is 14.1. The number of methoxy groups -OCH3 is 1. The third kappa shape index (κ3) is 4.94. The summed E-state index contributed by atoms with van der Waals surface area (Å²) in [5.41, 5.74) is 2.13. The number of carbonyl (C=O) groups is 2. The lowest BCUT2D eigenvalue weighted by atomic mass is 9.92. The summed E-state index contributed by atoms with van der Waals surface area (Å²) in [6, 6.07) is 9.27. The third-order valence-electron chi connectivity index (χ3n) is 8.90. The average Bonchev–Trinajstić information content (AvgIpc) is 3.34. The lowest BCUT2D eigenvalue weighted by molar-refractivity contribution is -0.145. The molecule has 0 bridgehead atoms. The molecule has 2 unspecified atom stereocenters. The fourth-order valence-corrected chi connectivity index (χ4v) is 6.96. The van der Waals surface area contributed by atoms with Crippen LogP contribution in [-0.4, -0.2) is 80.3 Å². The predicted molar refractivity (Wildman–Crippen MR) is 139 cm³/mol. The standard InChI is InChI=1S/C28H42N4O3/c1-29-24-12-8-9-13-25(24)32(27(33)26(29)31-17-14-21(20-31)28(34)35-2)23-15-18-30(19-16-23)22-10-6-4-3-5-7-11-22/h8-9,12-13,21-23,26H,3-7,10-11,14-20H2,1-2H3. The number of esters is 1. The number of likely N-dealkylation sites (tertiary alicyclic amines) is 2. The van der Waals surface area contributed by atoms with Crippen LogP contribution < -0.4 is 9.80 Å². The van der Waals surface area contributed by atoms with Crippen molar-refractivity contribution in [3.05, 3.63) is 24.3 Å². The van der Waals surface area contributed by atoms with E-state index in [2.05, 4.69) is 37.8 Å². The van der Waals surface area contributed by atoms with E-state index < -0.39 is 0 Å². The van der Waals surface area contributed by atoms with Crippen molar-refractivity contribution in [2.45, 2.75) is 82.5 Å². The van der Waals surface area contributed by atoms with Crippen LogP contribution in [-0.2, 0) is 14.3 Å². The largest absolute Gasteiger partial charge is 0.469 e. The normalized spacial score (nSPS) is 28.0. The minimum Gasteiger partial charge on any atom is -0.469 e. The molecule has 1 saturated carbocycles. The van der Waals surface area contributed by atoms with Crippen LogP contribution in [0.3, 0.4) is 0 Å². The molecule has 1 amide bonds. The zero-order valence-electron chi connectivity index (χ0n) is 21.5. The van der Waals surface area contributed by atoms with Crippen LogP contribution in [0.4, 0.5) is 11.4 Å². The number of benzene rings is 1. The van der Waals surface area contributed by atoms with Gasteiger partial charge in [0.15, 0.2) is 6.17 Å². The van der Waals surface area contributed by atoms with Crippen molar-refractivity contribution in [3.8, 4) is 0 Å². The lowest BCUT2D eigenvalue weighted by Crippen LogP contribution is -2.63. The summed E-state index contributed by atoms with van der Waals surface area (Å²) in [4.78, 5) is 35.4. The molecule has 0 radical (unpaired) electrons. The quantitative estimate of drug-likeness (QED) is 0.608. The highest BCUT2D eigenvalue weighted by molar-refractivity contribution is 6.05. The molecule has 2 saturated heterocycles. The summed E-state index contributed by atoms with van der Waals surface area (Å²) in [6.07, 6.45) is 12.0. The van der Waals surface area contributed by atoms with Gasteiger partial charge in [-0.3, -0.25) is 14.5 Å². The molecule has 1 aromatic rings. The molecular weight excluding hydrogens is 440 g/mol. The number of ether oxygens (including phenoxy) is 1. The van der Waals surface area contributed by atoms with Gasteiger partial charge in [-0.25, -0.2) is 0 Å². The molecule has 192 valence electrons. The zero-order chi connectivity index (χ0) is 24.4. The van der Waals surface area contributed by atoms with Gasteiger partial charge >= 0.3 is 5.97 Å². The number of rotatable bonds is 4. The minimum absolute atomic E-state index is 0.154. The molecule has 7 nitrogen and oxygen atoms in total. The average molecular weight is 483 g/mol. The molecule has 3 heterocycles. The van der Waals surface area contributed by atoms with Crippen molar-refractivity contribution < 1.29 is 14.3 Å². The molecule has 0 spiro atoms.